The third-order valence-electron chi connectivity index (χ3n) is 3.80. The van der Waals surface area contributed by atoms with Gasteiger partial charge in [0.25, 0.3) is 0 Å². The van der Waals surface area contributed by atoms with Crippen molar-refractivity contribution in [2.45, 2.75) is 6.54 Å². The molecule has 4 aromatic rings. The summed E-state index contributed by atoms with van der Waals surface area (Å²) in [6, 6.07) is 23.2. The second-order valence-corrected chi connectivity index (χ2v) is 5.20. The summed E-state index contributed by atoms with van der Waals surface area (Å²) in [6.07, 6.45) is 3.99. The van der Waals surface area contributed by atoms with Gasteiger partial charge >= 0.3 is 0 Å². The van der Waals surface area contributed by atoms with Crippen LogP contribution < -0.4 is 4.57 Å². The Bertz CT molecular complexity index is 914. The fraction of sp³-hybridized carbons (Fsp3) is 0.0526. The van der Waals surface area contributed by atoms with Crippen LogP contribution in [0.1, 0.15) is 5.56 Å². The normalized spacial score (nSPS) is 11.0. The van der Waals surface area contributed by atoms with Crippen LogP contribution in [0.5, 0.6) is 0 Å². The summed E-state index contributed by atoms with van der Waals surface area (Å²) in [7, 11) is 0. The maximum Gasteiger partial charge on any atom is 0.239 e. The first-order valence-electron chi connectivity index (χ1n) is 7.12. The number of rotatable bonds is 2. The number of hydrogen-bond acceptors (Lipinski definition) is 1. The van der Waals surface area contributed by atoms with Crippen molar-refractivity contribution >= 4 is 21.8 Å². The van der Waals surface area contributed by atoms with Crippen LogP contribution in [0.2, 0.25) is 0 Å². The van der Waals surface area contributed by atoms with Crippen LogP contribution in [0.4, 0.5) is 0 Å². The van der Waals surface area contributed by atoms with E-state index in [1.165, 1.54) is 21.9 Å². The molecule has 0 spiro atoms. The Morgan fingerprint density at radius 3 is 2.48 bits per heavy atom. The lowest BCUT2D eigenvalue weighted by Crippen LogP contribution is -2.34. The van der Waals surface area contributed by atoms with Crippen LogP contribution in [0.25, 0.3) is 21.8 Å². The third kappa shape index (κ3) is 2.15. The molecule has 0 fully saturated rings. The fourth-order valence-electron chi connectivity index (χ4n) is 2.82. The van der Waals surface area contributed by atoms with Crippen molar-refractivity contribution in [3.8, 4) is 0 Å². The van der Waals surface area contributed by atoms with E-state index in [1.807, 2.05) is 18.3 Å². The van der Waals surface area contributed by atoms with Gasteiger partial charge in [0.1, 0.15) is 5.52 Å². The monoisotopic (exact) mass is 271 g/mol. The molecule has 21 heavy (non-hydrogen) atoms. The van der Waals surface area contributed by atoms with Crippen molar-refractivity contribution in [2.24, 2.45) is 0 Å². The SMILES string of the molecule is c1ccc(C[n+]2cccc3ccc4cccnc4c32)cc1. The molecule has 100 valence electrons. The Morgan fingerprint density at radius 1 is 0.762 bits per heavy atom. The molecule has 0 aliphatic rings. The molecule has 0 radical (unpaired) electrons. The van der Waals surface area contributed by atoms with E-state index in [0.29, 0.717) is 0 Å². The highest BCUT2D eigenvalue weighted by Gasteiger charge is 2.13. The molecule has 4 rings (SSSR count). The van der Waals surface area contributed by atoms with E-state index in [4.69, 9.17) is 0 Å². The predicted octanol–water partition coefficient (Wildman–Crippen LogP) is 3.72. The molecule has 0 atom stereocenters. The average Bonchev–Trinajstić information content (AvgIpc) is 2.56. The zero-order valence-electron chi connectivity index (χ0n) is 11.6. The molecule has 0 aliphatic carbocycles. The lowest BCUT2D eigenvalue weighted by molar-refractivity contribution is -0.661. The number of aromatic nitrogens is 2. The Morgan fingerprint density at radius 2 is 1.57 bits per heavy atom. The van der Waals surface area contributed by atoms with Gasteiger partial charge in [-0.05, 0) is 18.2 Å². The van der Waals surface area contributed by atoms with Crippen molar-refractivity contribution in [2.75, 3.05) is 0 Å². The molecule has 0 saturated heterocycles. The Hall–Kier alpha value is -2.74. The van der Waals surface area contributed by atoms with Gasteiger partial charge in [-0.25, -0.2) is 4.98 Å². The van der Waals surface area contributed by atoms with Gasteiger partial charge in [0.05, 0.1) is 0 Å². The quantitative estimate of drug-likeness (QED) is 0.401. The highest BCUT2D eigenvalue weighted by atomic mass is 15.0. The maximum atomic E-state index is 4.59. The molecule has 0 saturated carbocycles. The van der Waals surface area contributed by atoms with Crippen LogP contribution in [0.15, 0.2) is 79.1 Å². The largest absolute Gasteiger partial charge is 0.249 e. The lowest BCUT2D eigenvalue weighted by Gasteiger charge is -2.04. The number of benzene rings is 2. The number of hydrogen-bond donors (Lipinski definition) is 0. The van der Waals surface area contributed by atoms with Crippen LogP contribution in [0, 0.1) is 0 Å². The van der Waals surface area contributed by atoms with Gasteiger partial charge in [-0.1, -0.05) is 42.5 Å². The standard InChI is InChI=1S/C19H15N2/c1-2-6-15(7-3-1)14-21-13-5-9-17-11-10-16-8-4-12-20-18(16)19(17)21/h1-13H,14H2/q+1. The minimum atomic E-state index is 0.855. The second-order valence-electron chi connectivity index (χ2n) is 5.20. The maximum absolute atomic E-state index is 4.59. The van der Waals surface area contributed by atoms with Crippen LogP contribution in [-0.2, 0) is 6.54 Å². The summed E-state index contributed by atoms with van der Waals surface area (Å²) in [6.45, 7) is 0.855. The Labute approximate surface area is 123 Å². The van der Waals surface area contributed by atoms with Gasteiger partial charge in [0.2, 0.25) is 5.52 Å². The smallest absolute Gasteiger partial charge is 0.239 e. The molecule has 2 nitrogen and oxygen atoms in total. The van der Waals surface area contributed by atoms with Gasteiger partial charge in [-0.2, -0.15) is 4.57 Å². The van der Waals surface area contributed by atoms with Gasteiger partial charge in [0, 0.05) is 28.6 Å². The average molecular weight is 271 g/mol. The zero-order valence-corrected chi connectivity index (χ0v) is 11.6. The van der Waals surface area contributed by atoms with E-state index >= 15 is 0 Å². The third-order valence-corrected chi connectivity index (χ3v) is 3.80. The summed E-state index contributed by atoms with van der Waals surface area (Å²) >= 11 is 0. The number of fused-ring (bicyclic) bond motifs is 3. The minimum Gasteiger partial charge on any atom is -0.249 e. The topological polar surface area (TPSA) is 16.8 Å². The van der Waals surface area contributed by atoms with Crippen molar-refractivity contribution in [1.29, 1.82) is 0 Å². The Balaban J connectivity index is 1.98. The lowest BCUT2D eigenvalue weighted by atomic mass is 10.1. The molecule has 0 bridgehead atoms. The zero-order chi connectivity index (χ0) is 14.1. The van der Waals surface area contributed by atoms with Gasteiger partial charge < -0.3 is 0 Å². The highest BCUT2D eigenvalue weighted by molar-refractivity contribution is 6.00. The van der Waals surface area contributed by atoms with Crippen molar-refractivity contribution in [3.63, 3.8) is 0 Å². The van der Waals surface area contributed by atoms with E-state index in [1.54, 1.807) is 0 Å². The Kier molecular flexibility index (Phi) is 2.86. The van der Waals surface area contributed by atoms with Gasteiger partial charge in [-0.3, -0.25) is 0 Å². The molecule has 2 heterocycles. The molecule has 0 aliphatic heterocycles. The molecule has 0 unspecified atom stereocenters. The summed E-state index contributed by atoms with van der Waals surface area (Å²) < 4.78 is 2.28. The van der Waals surface area contributed by atoms with Crippen molar-refractivity contribution in [1.82, 2.24) is 4.98 Å². The van der Waals surface area contributed by atoms with E-state index in [-0.39, 0.29) is 0 Å². The first kappa shape index (κ1) is 12.0. The minimum absolute atomic E-state index is 0.855. The summed E-state index contributed by atoms with van der Waals surface area (Å²) in [5.41, 5.74) is 3.55. The molecule has 0 N–H and O–H groups in total. The number of nitrogens with zero attached hydrogens (tertiary/aromatic N) is 2. The van der Waals surface area contributed by atoms with Crippen molar-refractivity contribution in [3.05, 3.63) is 84.7 Å². The molecule has 2 heteroatoms. The van der Waals surface area contributed by atoms with Gasteiger partial charge in [0.15, 0.2) is 12.7 Å². The molecule has 0 amide bonds. The summed E-state index contributed by atoms with van der Waals surface area (Å²) in [5, 5.41) is 2.40. The van der Waals surface area contributed by atoms with E-state index in [0.717, 1.165) is 12.1 Å². The molecule has 2 aromatic carbocycles. The molecular formula is C19H15N2+. The fourth-order valence-corrected chi connectivity index (χ4v) is 2.82. The highest BCUT2D eigenvalue weighted by Crippen LogP contribution is 2.20. The summed E-state index contributed by atoms with van der Waals surface area (Å²) in [4.78, 5) is 4.59. The second kappa shape index (κ2) is 4.98. The van der Waals surface area contributed by atoms with E-state index < -0.39 is 0 Å². The molecule has 2 aromatic heterocycles. The number of pyridine rings is 2. The van der Waals surface area contributed by atoms with Crippen LogP contribution in [-0.4, -0.2) is 4.98 Å². The summed E-state index contributed by atoms with van der Waals surface area (Å²) in [5.74, 6) is 0. The first-order valence-corrected chi connectivity index (χ1v) is 7.12. The van der Waals surface area contributed by atoms with E-state index in [2.05, 4.69) is 70.3 Å². The molecular weight excluding hydrogens is 256 g/mol. The van der Waals surface area contributed by atoms with Crippen LogP contribution >= 0.6 is 0 Å². The van der Waals surface area contributed by atoms with Crippen molar-refractivity contribution < 1.29 is 4.57 Å². The van der Waals surface area contributed by atoms with Gasteiger partial charge in [-0.15, -0.1) is 0 Å². The predicted molar refractivity (Wildman–Crippen MR) is 85.0 cm³/mol. The first-order chi connectivity index (χ1) is 10.4. The van der Waals surface area contributed by atoms with E-state index in [9.17, 15) is 0 Å². The van der Waals surface area contributed by atoms with Crippen LogP contribution in [0.3, 0.4) is 0 Å².